The molecule has 2 N–H and O–H groups in total. The molecule has 30 heavy (non-hydrogen) atoms. The quantitative estimate of drug-likeness (QED) is 0.350. The predicted octanol–water partition coefficient (Wildman–Crippen LogP) is 4.41. The van der Waals surface area contributed by atoms with Crippen LogP contribution in [0.3, 0.4) is 0 Å². The molecule has 3 aromatic carbocycles. The number of non-ortho nitro benzene ring substituents is 1. The molecule has 0 aliphatic carbocycles. The first kappa shape index (κ1) is 20.1. The summed E-state index contributed by atoms with van der Waals surface area (Å²) in [5.74, 6) is -1.68. The van der Waals surface area contributed by atoms with Crippen molar-refractivity contribution in [2.75, 3.05) is 5.48 Å². The second kappa shape index (κ2) is 9.06. The van der Waals surface area contributed by atoms with Gasteiger partial charge < -0.3 is 9.94 Å². The average Bonchev–Trinajstić information content (AvgIpc) is 2.77. The van der Waals surface area contributed by atoms with Crippen molar-refractivity contribution in [1.82, 2.24) is 0 Å². The van der Waals surface area contributed by atoms with Crippen molar-refractivity contribution in [3.63, 3.8) is 0 Å². The van der Waals surface area contributed by atoms with Gasteiger partial charge in [0, 0.05) is 12.1 Å². The molecule has 0 aliphatic rings. The Labute approximate surface area is 169 Å². The van der Waals surface area contributed by atoms with Gasteiger partial charge in [-0.05, 0) is 42.5 Å². The van der Waals surface area contributed by atoms with Gasteiger partial charge in [0.1, 0.15) is 5.75 Å². The predicted molar refractivity (Wildman–Crippen MR) is 106 cm³/mol. The van der Waals surface area contributed by atoms with E-state index in [1.165, 1.54) is 54.6 Å². The molecule has 0 aliphatic heterocycles. The number of para-hydroxylation sites is 1. The Hall–Kier alpha value is -4.60. The molecule has 0 fully saturated rings. The number of hydrogen-bond acceptors (Lipinski definition) is 8. The third-order valence-corrected chi connectivity index (χ3v) is 3.81. The fourth-order valence-electron chi connectivity index (χ4n) is 2.32. The molecule has 0 spiro atoms. The highest BCUT2D eigenvalue weighted by atomic mass is 16.7. The number of aromatic hydroxyl groups is 1. The first-order chi connectivity index (χ1) is 14.4. The van der Waals surface area contributed by atoms with Crippen molar-refractivity contribution < 1.29 is 24.5 Å². The van der Waals surface area contributed by atoms with E-state index in [1.807, 2.05) is 0 Å². The molecule has 0 atom stereocenters. The van der Waals surface area contributed by atoms with E-state index in [4.69, 9.17) is 4.84 Å². The lowest BCUT2D eigenvalue weighted by atomic mass is 10.2. The van der Waals surface area contributed by atoms with E-state index < -0.39 is 16.8 Å². The zero-order chi connectivity index (χ0) is 21.5. The lowest BCUT2D eigenvalue weighted by Gasteiger charge is -2.06. The van der Waals surface area contributed by atoms with Gasteiger partial charge in [-0.15, -0.1) is 10.2 Å². The number of nitrogens with one attached hydrogen (secondary N) is 1. The van der Waals surface area contributed by atoms with Crippen LogP contribution >= 0.6 is 0 Å². The summed E-state index contributed by atoms with van der Waals surface area (Å²) in [6, 6.07) is 17.2. The second-order valence-electron chi connectivity index (χ2n) is 5.87. The van der Waals surface area contributed by atoms with Crippen LogP contribution < -0.4 is 5.48 Å². The van der Waals surface area contributed by atoms with Crippen molar-refractivity contribution >= 4 is 28.9 Å². The number of hydrogen-bond donors (Lipinski definition) is 2. The Kier molecular flexibility index (Phi) is 6.08. The smallest absolute Gasteiger partial charge is 0.363 e. The van der Waals surface area contributed by atoms with Crippen LogP contribution in [0.5, 0.6) is 5.75 Å². The van der Waals surface area contributed by atoms with E-state index in [0.717, 1.165) is 6.07 Å². The van der Waals surface area contributed by atoms with Crippen molar-refractivity contribution in [2.45, 2.75) is 0 Å². The average molecular weight is 406 g/mol. The summed E-state index contributed by atoms with van der Waals surface area (Å²) in [4.78, 5) is 39.0. The number of carbonyl (C=O) groups excluding carboxylic acids is 2. The Balaban J connectivity index is 1.59. The minimum Gasteiger partial charge on any atom is -0.507 e. The fraction of sp³-hybridized carbons (Fsp3) is 0. The molecule has 0 radical (unpaired) electrons. The number of phenols is 1. The highest BCUT2D eigenvalue weighted by Crippen LogP contribution is 2.20. The number of rotatable bonds is 6. The summed E-state index contributed by atoms with van der Waals surface area (Å²) in [6.45, 7) is 0. The third kappa shape index (κ3) is 5.01. The molecule has 10 nitrogen and oxygen atoms in total. The van der Waals surface area contributed by atoms with Gasteiger partial charge in [-0.2, -0.15) is 0 Å². The van der Waals surface area contributed by atoms with Crippen LogP contribution in [0.25, 0.3) is 0 Å². The monoisotopic (exact) mass is 406 g/mol. The summed E-state index contributed by atoms with van der Waals surface area (Å²) >= 11 is 0. The fourth-order valence-corrected chi connectivity index (χ4v) is 2.32. The topological polar surface area (TPSA) is 143 Å². The Morgan fingerprint density at radius 2 is 1.73 bits per heavy atom. The van der Waals surface area contributed by atoms with Crippen LogP contribution in [0.2, 0.25) is 0 Å². The number of phenolic OH excluding ortho intramolecular Hbond substituents is 1. The van der Waals surface area contributed by atoms with Gasteiger partial charge in [0.05, 0.1) is 27.4 Å². The van der Waals surface area contributed by atoms with Gasteiger partial charge in [0.15, 0.2) is 0 Å². The summed E-state index contributed by atoms with van der Waals surface area (Å²) in [6.07, 6.45) is 0. The zero-order valence-corrected chi connectivity index (χ0v) is 15.3. The number of benzene rings is 3. The molecule has 150 valence electrons. The van der Waals surface area contributed by atoms with Gasteiger partial charge in [-0.3, -0.25) is 14.9 Å². The minimum absolute atomic E-state index is 0.0183. The Morgan fingerprint density at radius 1 is 1.00 bits per heavy atom. The second-order valence-corrected chi connectivity index (χ2v) is 5.87. The summed E-state index contributed by atoms with van der Waals surface area (Å²) in [5, 5.41) is 27.8. The van der Waals surface area contributed by atoms with Crippen LogP contribution in [0.1, 0.15) is 20.7 Å². The molecule has 10 heteroatoms. The summed E-state index contributed by atoms with van der Waals surface area (Å²) in [7, 11) is 0. The Morgan fingerprint density at radius 3 is 2.43 bits per heavy atom. The summed E-state index contributed by atoms with van der Waals surface area (Å²) < 4.78 is 0. The maximum atomic E-state index is 12.0. The molecule has 0 bridgehead atoms. The molecule has 0 saturated heterocycles. The number of amides is 1. The van der Waals surface area contributed by atoms with Gasteiger partial charge in [0.2, 0.25) is 0 Å². The zero-order valence-electron chi connectivity index (χ0n) is 15.3. The normalized spacial score (nSPS) is 10.5. The molecule has 0 aromatic heterocycles. The van der Waals surface area contributed by atoms with Crippen molar-refractivity contribution in [2.24, 2.45) is 10.2 Å². The largest absolute Gasteiger partial charge is 0.507 e. The molecule has 3 rings (SSSR count). The van der Waals surface area contributed by atoms with E-state index in [1.54, 1.807) is 12.1 Å². The van der Waals surface area contributed by atoms with Gasteiger partial charge >= 0.3 is 5.97 Å². The van der Waals surface area contributed by atoms with E-state index in [2.05, 4.69) is 15.7 Å². The first-order valence-electron chi connectivity index (χ1n) is 8.50. The molecular formula is C20H14N4O6. The number of carbonyl (C=O) groups is 2. The van der Waals surface area contributed by atoms with Gasteiger partial charge in [-0.25, -0.2) is 10.3 Å². The van der Waals surface area contributed by atoms with Crippen molar-refractivity contribution in [3.8, 4) is 5.75 Å². The maximum absolute atomic E-state index is 12.0. The van der Waals surface area contributed by atoms with E-state index in [9.17, 15) is 24.8 Å². The third-order valence-electron chi connectivity index (χ3n) is 3.81. The van der Waals surface area contributed by atoms with Crippen LogP contribution in [-0.4, -0.2) is 21.9 Å². The summed E-state index contributed by atoms with van der Waals surface area (Å²) in [5.41, 5.74) is 3.01. The number of nitrogens with zero attached hydrogens (tertiary/aromatic N) is 3. The molecule has 0 saturated carbocycles. The molecular weight excluding hydrogens is 392 g/mol. The van der Waals surface area contributed by atoms with Gasteiger partial charge in [-0.1, -0.05) is 18.2 Å². The molecule has 1 amide bonds. The van der Waals surface area contributed by atoms with Crippen LogP contribution in [0, 0.1) is 10.1 Å². The highest BCUT2D eigenvalue weighted by molar-refractivity contribution is 5.97. The lowest BCUT2D eigenvalue weighted by Crippen LogP contribution is -2.10. The molecule has 0 unspecified atom stereocenters. The number of nitro groups is 1. The number of anilines is 1. The first-order valence-corrected chi connectivity index (χ1v) is 8.50. The Bertz CT molecular complexity index is 1130. The van der Waals surface area contributed by atoms with Crippen molar-refractivity contribution in [3.05, 3.63) is 94.0 Å². The molecule has 3 aromatic rings. The van der Waals surface area contributed by atoms with E-state index in [0.29, 0.717) is 11.4 Å². The van der Waals surface area contributed by atoms with Crippen LogP contribution in [0.15, 0.2) is 83.0 Å². The van der Waals surface area contributed by atoms with Crippen LogP contribution in [0.4, 0.5) is 17.1 Å². The van der Waals surface area contributed by atoms with E-state index in [-0.39, 0.29) is 22.6 Å². The highest BCUT2D eigenvalue weighted by Gasteiger charge is 2.13. The lowest BCUT2D eigenvalue weighted by molar-refractivity contribution is -0.384. The van der Waals surface area contributed by atoms with Crippen LogP contribution in [-0.2, 0) is 4.84 Å². The van der Waals surface area contributed by atoms with E-state index >= 15 is 0 Å². The molecule has 0 heterocycles. The maximum Gasteiger partial charge on any atom is 0.363 e. The van der Waals surface area contributed by atoms with Gasteiger partial charge in [0.25, 0.3) is 11.6 Å². The number of nitro benzene ring substituents is 1. The number of azo groups is 1. The standard InChI is InChI=1S/C20H14N4O6/c25-18-7-2-1-6-17(18)19(26)22-21-14-8-10-15(11-9-14)23-30-20(27)13-4-3-5-16(12-13)24(28)29/h1-12,23,25H. The SMILES string of the molecule is O=C(ONc1ccc(N=NC(=O)c2ccccc2O)cc1)c1cccc([N+](=O)[O-])c1. The minimum atomic E-state index is -0.796. The van der Waals surface area contributed by atoms with Crippen molar-refractivity contribution in [1.29, 1.82) is 0 Å².